The van der Waals surface area contributed by atoms with Crippen LogP contribution in [0.5, 0.6) is 0 Å². The van der Waals surface area contributed by atoms with E-state index in [-0.39, 0.29) is 23.7 Å². The highest BCUT2D eigenvalue weighted by molar-refractivity contribution is 7.20. The summed E-state index contributed by atoms with van der Waals surface area (Å²) in [5.41, 5.74) is 11.5. The van der Waals surface area contributed by atoms with Crippen LogP contribution in [-0.4, -0.2) is 47.8 Å². The predicted molar refractivity (Wildman–Crippen MR) is 109 cm³/mol. The molecule has 0 spiro atoms. The molecule has 2 unspecified atom stereocenters. The zero-order chi connectivity index (χ0) is 19.7. The van der Waals surface area contributed by atoms with Gasteiger partial charge in [-0.2, -0.15) is 0 Å². The fourth-order valence-corrected chi connectivity index (χ4v) is 4.75. The van der Waals surface area contributed by atoms with E-state index in [1.54, 1.807) is 0 Å². The number of fused-ring (bicyclic) bond motifs is 2. The Labute approximate surface area is 166 Å². The van der Waals surface area contributed by atoms with Gasteiger partial charge in [-0.1, -0.05) is 12.1 Å². The molecule has 1 amide bonds. The van der Waals surface area contributed by atoms with Gasteiger partial charge in [0.05, 0.1) is 22.3 Å². The molecule has 2 fully saturated rings. The molecule has 2 aromatic rings. The van der Waals surface area contributed by atoms with Crippen LogP contribution in [0.15, 0.2) is 29.3 Å². The van der Waals surface area contributed by atoms with Crippen LogP contribution in [0.3, 0.4) is 0 Å². The van der Waals surface area contributed by atoms with Gasteiger partial charge >= 0.3 is 0 Å². The van der Waals surface area contributed by atoms with E-state index >= 15 is 0 Å². The lowest BCUT2D eigenvalue weighted by atomic mass is 10.1. The summed E-state index contributed by atoms with van der Waals surface area (Å²) in [6.07, 6.45) is 2.13. The highest BCUT2D eigenvalue weighted by Crippen LogP contribution is 2.45. The van der Waals surface area contributed by atoms with Crippen LogP contribution in [0.25, 0.3) is 10.2 Å². The number of hydrogen-bond acceptors (Lipinski definition) is 6. The van der Waals surface area contributed by atoms with Crippen LogP contribution >= 0.6 is 11.3 Å². The molecule has 2 heterocycles. The predicted octanol–water partition coefficient (Wildman–Crippen LogP) is 0.625. The second-order valence-corrected chi connectivity index (χ2v) is 8.44. The number of nitrogens with one attached hydrogen (secondary N) is 2. The number of Topliss-reactive ketones (excluding diaryl/α,β-unsaturated/α-hetero) is 1. The molecule has 2 aliphatic rings. The first-order valence-electron chi connectivity index (χ1n) is 9.52. The highest BCUT2D eigenvalue weighted by atomic mass is 32.1. The zero-order valence-electron chi connectivity index (χ0n) is 15.4. The molecule has 148 valence electrons. The van der Waals surface area contributed by atoms with E-state index in [0.29, 0.717) is 36.2 Å². The number of ketones is 1. The second-order valence-electron chi connectivity index (χ2n) is 7.41. The summed E-state index contributed by atoms with van der Waals surface area (Å²) in [7, 11) is 0. The van der Waals surface area contributed by atoms with Crippen molar-refractivity contribution < 1.29 is 9.59 Å². The van der Waals surface area contributed by atoms with Crippen molar-refractivity contribution in [1.82, 2.24) is 15.6 Å². The van der Waals surface area contributed by atoms with Gasteiger partial charge in [0.2, 0.25) is 11.7 Å². The minimum atomic E-state index is -0.637. The molecule has 4 atom stereocenters. The molecule has 1 aliphatic heterocycles. The number of carbonyl (C=O) groups excluding carboxylic acids is 2. The van der Waals surface area contributed by atoms with E-state index in [9.17, 15) is 9.59 Å². The van der Waals surface area contributed by atoms with E-state index in [2.05, 4.69) is 20.6 Å². The lowest BCUT2D eigenvalue weighted by molar-refractivity contribution is -0.123. The Bertz CT molecular complexity index is 889. The summed E-state index contributed by atoms with van der Waals surface area (Å²) in [6.45, 7) is 1.29. The van der Waals surface area contributed by atoms with Gasteiger partial charge in [0, 0.05) is 6.54 Å². The largest absolute Gasteiger partial charge is 0.370 e. The summed E-state index contributed by atoms with van der Waals surface area (Å²) in [5.74, 6) is 0.764. The lowest BCUT2D eigenvalue weighted by Gasteiger charge is -2.20. The van der Waals surface area contributed by atoms with E-state index in [1.165, 1.54) is 11.3 Å². The van der Waals surface area contributed by atoms with Crippen LogP contribution < -0.4 is 22.1 Å². The molecule has 4 rings (SSSR count). The summed E-state index contributed by atoms with van der Waals surface area (Å²) < 4.78 is 0.953. The van der Waals surface area contributed by atoms with Gasteiger partial charge in [-0.05, 0) is 49.8 Å². The molecule has 9 heteroatoms. The molecular formula is C19H24N6O2S. The van der Waals surface area contributed by atoms with Gasteiger partial charge in [0.25, 0.3) is 0 Å². The summed E-state index contributed by atoms with van der Waals surface area (Å²) >= 11 is 1.35. The number of carbonyl (C=O) groups is 2. The Kier molecular flexibility index (Phi) is 5.27. The Morgan fingerprint density at radius 3 is 2.86 bits per heavy atom. The molecule has 0 bridgehead atoms. The smallest absolute Gasteiger partial charge is 0.238 e. The monoisotopic (exact) mass is 400 g/mol. The third-order valence-corrected chi connectivity index (χ3v) is 6.42. The maximum atomic E-state index is 13.1. The van der Waals surface area contributed by atoms with Crippen molar-refractivity contribution in [3.05, 3.63) is 29.3 Å². The number of thiazole rings is 1. The fraction of sp³-hybridized carbons (Fsp3) is 0.474. The van der Waals surface area contributed by atoms with Gasteiger partial charge in [-0.25, -0.2) is 4.98 Å². The minimum Gasteiger partial charge on any atom is -0.370 e. The molecular weight excluding hydrogens is 376 g/mol. The Morgan fingerprint density at radius 2 is 2.18 bits per heavy atom. The van der Waals surface area contributed by atoms with Crippen LogP contribution in [0.2, 0.25) is 0 Å². The van der Waals surface area contributed by atoms with Gasteiger partial charge < -0.3 is 22.1 Å². The molecule has 1 saturated heterocycles. The number of aliphatic imine (C=N–C) groups is 1. The average molecular weight is 401 g/mol. The number of rotatable bonds is 8. The van der Waals surface area contributed by atoms with Crippen molar-refractivity contribution in [2.75, 3.05) is 13.1 Å². The minimum absolute atomic E-state index is 0.0213. The average Bonchev–Trinajstić information content (AvgIpc) is 3.13. The van der Waals surface area contributed by atoms with E-state index in [4.69, 9.17) is 11.5 Å². The number of aromatic nitrogens is 1. The number of para-hydroxylation sites is 1. The maximum absolute atomic E-state index is 13.1. The Morgan fingerprint density at radius 1 is 1.36 bits per heavy atom. The first-order valence-corrected chi connectivity index (χ1v) is 10.3. The van der Waals surface area contributed by atoms with E-state index in [1.807, 2.05) is 24.3 Å². The first-order chi connectivity index (χ1) is 13.5. The Hall–Kier alpha value is -2.52. The summed E-state index contributed by atoms with van der Waals surface area (Å²) in [6, 6.07) is 6.79. The van der Waals surface area contributed by atoms with Crippen molar-refractivity contribution in [3.63, 3.8) is 0 Å². The molecule has 0 radical (unpaired) electrons. The normalized spacial score (nSPS) is 23.8. The number of nitrogens with two attached hydrogens (primary N) is 2. The summed E-state index contributed by atoms with van der Waals surface area (Å²) in [4.78, 5) is 34.3. The first kappa shape index (κ1) is 18.8. The molecule has 28 heavy (non-hydrogen) atoms. The molecule has 1 aliphatic carbocycles. The van der Waals surface area contributed by atoms with Crippen LogP contribution in [0, 0.1) is 11.8 Å². The third kappa shape index (κ3) is 4.00. The lowest BCUT2D eigenvalue weighted by Crippen LogP contribution is -2.49. The van der Waals surface area contributed by atoms with Crippen LogP contribution in [-0.2, 0) is 4.79 Å². The number of hydrogen-bond donors (Lipinski definition) is 4. The molecule has 6 N–H and O–H groups in total. The quantitative estimate of drug-likeness (QED) is 0.222. The maximum Gasteiger partial charge on any atom is 0.238 e. The Balaban J connectivity index is 1.48. The van der Waals surface area contributed by atoms with Crippen molar-refractivity contribution in [3.8, 4) is 0 Å². The second kappa shape index (κ2) is 7.84. The van der Waals surface area contributed by atoms with Crippen molar-refractivity contribution >= 4 is 39.2 Å². The highest BCUT2D eigenvalue weighted by Gasteiger charge is 2.51. The van der Waals surface area contributed by atoms with E-state index < -0.39 is 6.04 Å². The molecule has 1 aromatic heterocycles. The number of guanidine groups is 1. The van der Waals surface area contributed by atoms with Gasteiger partial charge in [0.15, 0.2) is 11.0 Å². The van der Waals surface area contributed by atoms with Gasteiger partial charge in [-0.3, -0.25) is 14.6 Å². The number of piperidine rings is 1. The fourth-order valence-electron chi connectivity index (χ4n) is 3.79. The number of amides is 1. The number of benzene rings is 1. The van der Waals surface area contributed by atoms with Crippen molar-refractivity contribution in [1.29, 1.82) is 0 Å². The van der Waals surface area contributed by atoms with Crippen molar-refractivity contribution in [2.24, 2.45) is 28.3 Å². The topological polar surface area (TPSA) is 135 Å². The zero-order valence-corrected chi connectivity index (χ0v) is 16.2. The van der Waals surface area contributed by atoms with E-state index in [0.717, 1.165) is 23.2 Å². The molecule has 8 nitrogen and oxygen atoms in total. The van der Waals surface area contributed by atoms with Gasteiger partial charge in [0.1, 0.15) is 0 Å². The number of nitrogens with zero attached hydrogens (tertiary/aromatic N) is 2. The van der Waals surface area contributed by atoms with Crippen molar-refractivity contribution in [2.45, 2.75) is 31.3 Å². The summed E-state index contributed by atoms with van der Waals surface area (Å²) in [5, 5.41) is 6.62. The van der Waals surface area contributed by atoms with Crippen LogP contribution in [0.4, 0.5) is 0 Å². The molecule has 1 saturated carbocycles. The molecule has 1 aromatic carbocycles. The SMILES string of the molecule is NC(N)=NCCCC(NC(=O)C1NC[C@H]2C[C@@H]12)C(=O)c1nc2ccccc2s1. The standard InChI is InChI=1S/C19H24N6O2S/c20-19(21)22-7-3-5-13(24-17(27)15-11-8-10(11)9-23-15)16(26)18-25-12-4-1-2-6-14(12)28-18/h1-2,4,6,10-11,13,15,23H,3,5,7-9H2,(H,24,27)(H4,20,21,22)/t10-,11-,13?,15?/m1/s1. The van der Waals surface area contributed by atoms with Crippen LogP contribution in [0.1, 0.15) is 29.1 Å². The van der Waals surface area contributed by atoms with Gasteiger partial charge in [-0.15, -0.1) is 11.3 Å². The third-order valence-electron chi connectivity index (χ3n) is 5.37.